The Bertz CT molecular complexity index is 875. The topological polar surface area (TPSA) is 49.6 Å². The molecule has 0 saturated carbocycles. The molecule has 2 atom stereocenters. The standard InChI is InChI=1S/C22H28N4O.ClH/c1-23-22(27)18-9-10-19-20(17(18)8-5-12-25(2)3)24-14-16-7-4-6-15-11-13-26(19)21(15)16;/h7,9-11,13-14,17-18H,4-6,8,12H2,1-3H3,(H,23,27);1H. The third-order valence-corrected chi connectivity index (χ3v) is 5.80. The van der Waals surface area contributed by atoms with E-state index in [2.05, 4.69) is 59.4 Å². The third kappa shape index (κ3) is 3.61. The molecule has 0 aromatic carbocycles. The van der Waals surface area contributed by atoms with E-state index in [9.17, 15) is 4.79 Å². The Labute approximate surface area is 173 Å². The van der Waals surface area contributed by atoms with E-state index in [-0.39, 0.29) is 30.2 Å². The second-order valence-corrected chi connectivity index (χ2v) is 7.84. The lowest BCUT2D eigenvalue weighted by molar-refractivity contribution is -0.124. The van der Waals surface area contributed by atoms with Gasteiger partial charge in [0.2, 0.25) is 5.91 Å². The second kappa shape index (κ2) is 8.50. The van der Waals surface area contributed by atoms with Crippen molar-refractivity contribution >= 4 is 35.8 Å². The molecule has 0 bridgehead atoms. The lowest BCUT2D eigenvalue weighted by Gasteiger charge is -2.29. The van der Waals surface area contributed by atoms with Crippen LogP contribution >= 0.6 is 12.4 Å². The van der Waals surface area contributed by atoms with E-state index in [1.54, 1.807) is 7.05 Å². The monoisotopic (exact) mass is 400 g/mol. The van der Waals surface area contributed by atoms with E-state index >= 15 is 0 Å². The Morgan fingerprint density at radius 3 is 2.96 bits per heavy atom. The van der Waals surface area contributed by atoms with E-state index < -0.39 is 0 Å². The zero-order valence-electron chi connectivity index (χ0n) is 16.8. The molecule has 0 saturated heterocycles. The van der Waals surface area contributed by atoms with Crippen LogP contribution < -0.4 is 5.32 Å². The predicted molar refractivity (Wildman–Crippen MR) is 118 cm³/mol. The first-order valence-corrected chi connectivity index (χ1v) is 9.84. The van der Waals surface area contributed by atoms with E-state index in [4.69, 9.17) is 4.99 Å². The Balaban J connectivity index is 0.00000225. The van der Waals surface area contributed by atoms with E-state index in [1.165, 1.54) is 16.8 Å². The summed E-state index contributed by atoms with van der Waals surface area (Å²) < 4.78 is 2.28. The molecular weight excluding hydrogens is 372 g/mol. The number of amides is 1. The predicted octanol–water partition coefficient (Wildman–Crippen LogP) is 3.38. The van der Waals surface area contributed by atoms with Crippen molar-refractivity contribution in [2.45, 2.75) is 25.7 Å². The molecule has 0 spiro atoms. The highest BCUT2D eigenvalue weighted by Crippen LogP contribution is 2.41. The summed E-state index contributed by atoms with van der Waals surface area (Å²) in [5.41, 5.74) is 6.02. The van der Waals surface area contributed by atoms with Crippen molar-refractivity contribution in [1.29, 1.82) is 0 Å². The van der Waals surface area contributed by atoms with Gasteiger partial charge in [0.25, 0.3) is 0 Å². The van der Waals surface area contributed by atoms with Crippen LogP contribution in [0.4, 0.5) is 0 Å². The van der Waals surface area contributed by atoms with Crippen LogP contribution in [-0.2, 0) is 11.2 Å². The molecule has 1 N–H and O–H groups in total. The highest BCUT2D eigenvalue weighted by Gasteiger charge is 2.35. The van der Waals surface area contributed by atoms with Gasteiger partial charge < -0.3 is 14.8 Å². The molecule has 2 unspecified atom stereocenters. The number of fused-ring (bicyclic) bond motifs is 1. The zero-order valence-corrected chi connectivity index (χ0v) is 17.6. The van der Waals surface area contributed by atoms with E-state index in [1.807, 2.05) is 6.21 Å². The third-order valence-electron chi connectivity index (χ3n) is 5.80. The molecule has 3 aliphatic rings. The minimum atomic E-state index is -0.165. The number of halogens is 1. The number of aliphatic imine (C=N–C) groups is 1. The molecule has 1 aromatic rings. The van der Waals surface area contributed by atoms with Gasteiger partial charge in [0.05, 0.1) is 23.0 Å². The number of nitrogens with zero attached hydrogens (tertiary/aromatic N) is 3. The van der Waals surface area contributed by atoms with Crippen LogP contribution in [-0.4, -0.2) is 49.3 Å². The van der Waals surface area contributed by atoms with Crippen LogP contribution in [0.5, 0.6) is 0 Å². The van der Waals surface area contributed by atoms with Crippen LogP contribution in [0.1, 0.15) is 30.5 Å². The SMILES string of the molecule is CNC(=O)C1C=CC2=C(N=CC3=CCCc4ccn2c43)C1CCCN(C)C.Cl. The fraction of sp³-hybridized carbons (Fsp3) is 0.455. The summed E-state index contributed by atoms with van der Waals surface area (Å²) in [6.45, 7) is 1.01. The summed E-state index contributed by atoms with van der Waals surface area (Å²) in [6, 6.07) is 2.23. The van der Waals surface area contributed by atoms with Gasteiger partial charge in [-0.1, -0.05) is 12.2 Å². The number of carbonyl (C=O) groups excluding carboxylic acids is 1. The Morgan fingerprint density at radius 1 is 1.39 bits per heavy atom. The van der Waals surface area contributed by atoms with Crippen LogP contribution in [0.15, 0.2) is 41.2 Å². The first kappa shape index (κ1) is 20.6. The summed E-state index contributed by atoms with van der Waals surface area (Å²) >= 11 is 0. The molecule has 150 valence electrons. The van der Waals surface area contributed by atoms with Gasteiger partial charge >= 0.3 is 0 Å². The number of aryl methyl sites for hydroxylation is 1. The number of carbonyl (C=O) groups is 1. The van der Waals surface area contributed by atoms with Crippen LogP contribution in [0.3, 0.4) is 0 Å². The summed E-state index contributed by atoms with van der Waals surface area (Å²) in [4.78, 5) is 19.7. The summed E-state index contributed by atoms with van der Waals surface area (Å²) in [7, 11) is 5.89. The van der Waals surface area contributed by atoms with Crippen molar-refractivity contribution in [3.63, 3.8) is 0 Å². The van der Waals surface area contributed by atoms with Crippen LogP contribution in [0.25, 0.3) is 11.3 Å². The number of allylic oxidation sites excluding steroid dienone is 5. The number of nitrogens with one attached hydrogen (secondary N) is 1. The molecule has 28 heavy (non-hydrogen) atoms. The molecule has 5 nitrogen and oxygen atoms in total. The first-order chi connectivity index (χ1) is 13.1. The Hall–Kier alpha value is -2.11. The minimum absolute atomic E-state index is 0. The molecular formula is C22H29ClN4O. The van der Waals surface area contributed by atoms with Crippen molar-refractivity contribution in [2.24, 2.45) is 16.8 Å². The highest BCUT2D eigenvalue weighted by molar-refractivity contribution is 6.12. The fourth-order valence-electron chi connectivity index (χ4n) is 4.45. The second-order valence-electron chi connectivity index (χ2n) is 7.84. The summed E-state index contributed by atoms with van der Waals surface area (Å²) in [6.07, 6.45) is 14.7. The molecule has 2 heterocycles. The molecule has 6 heteroatoms. The van der Waals surface area contributed by atoms with Gasteiger partial charge in [-0.05, 0) is 64.0 Å². The maximum atomic E-state index is 12.5. The molecule has 4 rings (SSSR count). The molecule has 2 aliphatic carbocycles. The van der Waals surface area contributed by atoms with Crippen LogP contribution in [0, 0.1) is 11.8 Å². The van der Waals surface area contributed by atoms with Gasteiger partial charge in [-0.2, -0.15) is 0 Å². The van der Waals surface area contributed by atoms with Gasteiger partial charge in [-0.3, -0.25) is 9.79 Å². The van der Waals surface area contributed by atoms with Gasteiger partial charge in [-0.25, -0.2) is 0 Å². The van der Waals surface area contributed by atoms with Crippen molar-refractivity contribution in [3.05, 3.63) is 47.4 Å². The number of rotatable bonds is 5. The highest BCUT2D eigenvalue weighted by atomic mass is 35.5. The lowest BCUT2D eigenvalue weighted by atomic mass is 9.80. The van der Waals surface area contributed by atoms with E-state index in [0.717, 1.165) is 43.6 Å². The Morgan fingerprint density at radius 2 is 2.21 bits per heavy atom. The largest absolute Gasteiger partial charge is 0.359 e. The summed E-state index contributed by atoms with van der Waals surface area (Å²) in [5.74, 6) is 0.00255. The fourth-order valence-corrected chi connectivity index (χ4v) is 4.45. The smallest absolute Gasteiger partial charge is 0.227 e. The molecule has 0 fully saturated rings. The Kier molecular flexibility index (Phi) is 6.26. The summed E-state index contributed by atoms with van der Waals surface area (Å²) in [5, 5.41) is 2.83. The van der Waals surface area contributed by atoms with Crippen molar-refractivity contribution in [1.82, 2.24) is 14.8 Å². The van der Waals surface area contributed by atoms with Crippen molar-refractivity contribution in [3.8, 4) is 0 Å². The number of hydrogen-bond acceptors (Lipinski definition) is 3. The number of aromatic nitrogens is 1. The average Bonchev–Trinajstić information content (AvgIpc) is 3.02. The number of hydrogen-bond donors (Lipinski definition) is 1. The van der Waals surface area contributed by atoms with Crippen molar-refractivity contribution in [2.75, 3.05) is 27.7 Å². The van der Waals surface area contributed by atoms with E-state index in [0.29, 0.717) is 0 Å². The first-order valence-electron chi connectivity index (χ1n) is 9.84. The quantitative estimate of drug-likeness (QED) is 0.823. The zero-order chi connectivity index (χ0) is 19.0. The molecule has 1 aromatic heterocycles. The molecule has 0 radical (unpaired) electrons. The normalized spacial score (nSPS) is 22.2. The lowest BCUT2D eigenvalue weighted by Crippen LogP contribution is -2.34. The van der Waals surface area contributed by atoms with Gasteiger partial charge in [0.15, 0.2) is 0 Å². The van der Waals surface area contributed by atoms with Gasteiger partial charge in [0.1, 0.15) is 0 Å². The van der Waals surface area contributed by atoms with Gasteiger partial charge in [0, 0.05) is 31.0 Å². The minimum Gasteiger partial charge on any atom is -0.359 e. The maximum absolute atomic E-state index is 12.5. The maximum Gasteiger partial charge on any atom is 0.227 e. The van der Waals surface area contributed by atoms with Crippen molar-refractivity contribution < 1.29 is 4.79 Å². The molecule has 1 amide bonds. The van der Waals surface area contributed by atoms with Gasteiger partial charge in [-0.15, -0.1) is 12.4 Å². The van der Waals surface area contributed by atoms with Crippen LogP contribution in [0.2, 0.25) is 0 Å². The average molecular weight is 401 g/mol. The molecule has 1 aliphatic heterocycles.